The lowest BCUT2D eigenvalue weighted by atomic mass is 9.95. The second-order valence-corrected chi connectivity index (χ2v) is 9.69. The first kappa shape index (κ1) is 21.3. The van der Waals surface area contributed by atoms with E-state index in [1.807, 2.05) is 16.8 Å². The maximum atomic E-state index is 10.8. The number of anilines is 2. The van der Waals surface area contributed by atoms with Crippen molar-refractivity contribution in [2.75, 3.05) is 23.7 Å². The molecule has 0 unspecified atom stereocenters. The summed E-state index contributed by atoms with van der Waals surface area (Å²) in [5, 5.41) is 23.6. The molecule has 0 radical (unpaired) electrons. The lowest BCUT2D eigenvalue weighted by Crippen LogP contribution is -2.29. The first-order chi connectivity index (χ1) is 16.6. The fraction of sp³-hybridized carbons (Fsp3) is 0.423. The molecule has 176 valence electrons. The quantitative estimate of drug-likeness (QED) is 0.421. The summed E-state index contributed by atoms with van der Waals surface area (Å²) in [6, 6.07) is 12.3. The molecule has 3 aromatic heterocycles. The van der Waals surface area contributed by atoms with Gasteiger partial charge in [0.1, 0.15) is 29.7 Å². The number of pyridine rings is 1. The van der Waals surface area contributed by atoms with Crippen LogP contribution >= 0.6 is 0 Å². The average Bonchev–Trinajstić information content (AvgIpc) is 3.59. The summed E-state index contributed by atoms with van der Waals surface area (Å²) in [5.41, 5.74) is 8.88. The topological polar surface area (TPSA) is 113 Å². The van der Waals surface area contributed by atoms with Gasteiger partial charge >= 0.3 is 0 Å². The standard InChI is InChI=1S/C26H30N6O2/c27-25-19-9-12-32(26(19)29-15-28-25)21-14-18(23(33)24(21)34)6-4-16-3-5-17-7-8-22(30-20(17)13-16)31-10-1-2-11-31/h3,5,7-9,12-13,15,18,21,23-24,33-34H,1-2,4,6,10-11,14H2,(H2,27,28,29)/t18-,21+,23+,24-/m0/s1. The monoisotopic (exact) mass is 458 g/mol. The second kappa shape index (κ2) is 8.52. The Labute approximate surface area is 198 Å². The third-order valence-electron chi connectivity index (χ3n) is 7.64. The Bertz CT molecular complexity index is 1330. The van der Waals surface area contributed by atoms with Crippen molar-refractivity contribution < 1.29 is 10.2 Å². The van der Waals surface area contributed by atoms with Crippen molar-refractivity contribution in [1.29, 1.82) is 0 Å². The summed E-state index contributed by atoms with van der Waals surface area (Å²) in [4.78, 5) is 15.7. The molecule has 2 aliphatic rings. The van der Waals surface area contributed by atoms with Crippen LogP contribution in [-0.4, -0.2) is 55.0 Å². The van der Waals surface area contributed by atoms with Gasteiger partial charge in [0.2, 0.25) is 0 Å². The van der Waals surface area contributed by atoms with Crippen LogP contribution in [0, 0.1) is 5.92 Å². The molecule has 8 nitrogen and oxygen atoms in total. The van der Waals surface area contributed by atoms with E-state index in [9.17, 15) is 10.2 Å². The molecule has 4 N–H and O–H groups in total. The molecule has 0 spiro atoms. The molecule has 0 bridgehead atoms. The molecule has 1 saturated carbocycles. The number of hydrogen-bond acceptors (Lipinski definition) is 7. The highest BCUT2D eigenvalue weighted by Gasteiger charge is 2.42. The van der Waals surface area contributed by atoms with E-state index in [1.54, 1.807) is 0 Å². The third kappa shape index (κ3) is 3.67. The van der Waals surface area contributed by atoms with Crippen LogP contribution in [0.4, 0.5) is 11.6 Å². The molecule has 6 rings (SSSR count). The van der Waals surface area contributed by atoms with Crippen LogP contribution in [0.25, 0.3) is 21.9 Å². The summed E-state index contributed by atoms with van der Waals surface area (Å²) >= 11 is 0. The van der Waals surface area contributed by atoms with Gasteiger partial charge in [-0.1, -0.05) is 12.1 Å². The van der Waals surface area contributed by atoms with E-state index >= 15 is 0 Å². The Morgan fingerprint density at radius 3 is 2.68 bits per heavy atom. The molecule has 4 aromatic rings. The highest BCUT2D eigenvalue weighted by atomic mass is 16.3. The van der Waals surface area contributed by atoms with Crippen LogP contribution < -0.4 is 10.6 Å². The van der Waals surface area contributed by atoms with Gasteiger partial charge in [-0.25, -0.2) is 15.0 Å². The van der Waals surface area contributed by atoms with E-state index in [0.717, 1.165) is 48.0 Å². The van der Waals surface area contributed by atoms with Gasteiger partial charge in [-0.2, -0.15) is 0 Å². The van der Waals surface area contributed by atoms with Gasteiger partial charge in [0.25, 0.3) is 0 Å². The van der Waals surface area contributed by atoms with Gasteiger partial charge in [-0.05, 0) is 67.9 Å². The van der Waals surface area contributed by atoms with Gasteiger partial charge in [0.05, 0.1) is 23.0 Å². The normalized spacial score (nSPS) is 25.1. The third-order valence-corrected chi connectivity index (χ3v) is 7.64. The fourth-order valence-corrected chi connectivity index (χ4v) is 5.70. The van der Waals surface area contributed by atoms with Crippen molar-refractivity contribution in [2.24, 2.45) is 5.92 Å². The summed E-state index contributed by atoms with van der Waals surface area (Å²) in [6.07, 6.45) is 6.46. The zero-order chi connectivity index (χ0) is 23.2. The Balaban J connectivity index is 1.18. The Morgan fingerprint density at radius 2 is 1.82 bits per heavy atom. The van der Waals surface area contributed by atoms with Crippen LogP contribution in [-0.2, 0) is 6.42 Å². The van der Waals surface area contributed by atoms with Crippen LogP contribution in [0.15, 0.2) is 48.9 Å². The number of hydrogen-bond donors (Lipinski definition) is 3. The lowest BCUT2D eigenvalue weighted by Gasteiger charge is -2.19. The number of aromatic nitrogens is 4. The number of nitrogens with zero attached hydrogens (tertiary/aromatic N) is 5. The molecule has 4 heterocycles. The van der Waals surface area contributed by atoms with Crippen LogP contribution in [0.2, 0.25) is 0 Å². The van der Waals surface area contributed by atoms with E-state index in [-0.39, 0.29) is 12.0 Å². The Kier molecular flexibility index (Phi) is 5.34. The minimum absolute atomic E-state index is 0.00350. The highest BCUT2D eigenvalue weighted by molar-refractivity contribution is 5.86. The van der Waals surface area contributed by atoms with Crippen LogP contribution in [0.1, 0.15) is 37.3 Å². The summed E-state index contributed by atoms with van der Waals surface area (Å²) in [5.74, 6) is 1.48. The highest BCUT2D eigenvalue weighted by Crippen LogP contribution is 2.39. The molecular formula is C26H30N6O2. The summed E-state index contributed by atoms with van der Waals surface area (Å²) in [6.45, 7) is 2.16. The number of aliphatic hydroxyl groups excluding tert-OH is 2. The van der Waals surface area contributed by atoms with E-state index in [0.29, 0.717) is 17.9 Å². The molecule has 34 heavy (non-hydrogen) atoms. The molecule has 2 fully saturated rings. The Hall–Kier alpha value is -3.23. The van der Waals surface area contributed by atoms with E-state index in [4.69, 9.17) is 10.7 Å². The first-order valence-corrected chi connectivity index (χ1v) is 12.2. The number of aryl methyl sites for hydroxylation is 1. The summed E-state index contributed by atoms with van der Waals surface area (Å²) in [7, 11) is 0. The van der Waals surface area contributed by atoms with Gasteiger partial charge in [0.15, 0.2) is 0 Å². The van der Waals surface area contributed by atoms with Crippen LogP contribution in [0.3, 0.4) is 0 Å². The zero-order valence-corrected chi connectivity index (χ0v) is 19.1. The van der Waals surface area contributed by atoms with Crippen LogP contribution in [0.5, 0.6) is 0 Å². The van der Waals surface area contributed by atoms with Gasteiger partial charge in [0, 0.05) is 24.7 Å². The number of nitrogens with two attached hydrogens (primary N) is 1. The van der Waals surface area contributed by atoms with Crippen molar-refractivity contribution >= 4 is 33.6 Å². The van der Waals surface area contributed by atoms with Crippen molar-refractivity contribution in [3.05, 3.63) is 54.5 Å². The largest absolute Gasteiger partial charge is 0.390 e. The number of benzene rings is 1. The van der Waals surface area contributed by atoms with Crippen molar-refractivity contribution in [2.45, 2.75) is 50.4 Å². The number of nitrogen functional groups attached to an aromatic ring is 1. The molecule has 8 heteroatoms. The summed E-state index contributed by atoms with van der Waals surface area (Å²) < 4.78 is 1.93. The van der Waals surface area contributed by atoms with E-state index in [2.05, 4.69) is 45.2 Å². The average molecular weight is 459 g/mol. The number of rotatable bonds is 5. The van der Waals surface area contributed by atoms with Gasteiger partial charge in [-0.15, -0.1) is 0 Å². The minimum atomic E-state index is -0.849. The Morgan fingerprint density at radius 1 is 1.00 bits per heavy atom. The van der Waals surface area contributed by atoms with Gasteiger partial charge < -0.3 is 25.4 Å². The molecular weight excluding hydrogens is 428 g/mol. The molecule has 4 atom stereocenters. The molecule has 1 aliphatic heterocycles. The number of aliphatic hydroxyl groups is 2. The first-order valence-electron chi connectivity index (χ1n) is 12.2. The predicted molar refractivity (Wildman–Crippen MR) is 133 cm³/mol. The zero-order valence-electron chi connectivity index (χ0n) is 19.1. The number of fused-ring (bicyclic) bond motifs is 2. The second-order valence-electron chi connectivity index (χ2n) is 9.69. The fourth-order valence-electron chi connectivity index (χ4n) is 5.70. The maximum Gasteiger partial charge on any atom is 0.145 e. The smallest absolute Gasteiger partial charge is 0.145 e. The van der Waals surface area contributed by atoms with E-state index in [1.165, 1.54) is 24.7 Å². The van der Waals surface area contributed by atoms with E-state index < -0.39 is 12.2 Å². The predicted octanol–water partition coefficient (Wildman–Crippen LogP) is 3.08. The lowest BCUT2D eigenvalue weighted by molar-refractivity contribution is 0.00545. The molecule has 1 aromatic carbocycles. The van der Waals surface area contributed by atoms with Crippen molar-refractivity contribution in [3.8, 4) is 0 Å². The van der Waals surface area contributed by atoms with Crippen molar-refractivity contribution in [3.63, 3.8) is 0 Å². The minimum Gasteiger partial charge on any atom is -0.390 e. The SMILES string of the molecule is Nc1ncnc2c1ccn2[C@@H]1C[C@H](CCc2ccc3ccc(N4CCCC4)nc3c2)[C@@H](O)[C@H]1O. The van der Waals surface area contributed by atoms with Gasteiger partial charge in [-0.3, -0.25) is 0 Å². The maximum absolute atomic E-state index is 10.8. The van der Waals surface area contributed by atoms with Crippen molar-refractivity contribution in [1.82, 2.24) is 19.5 Å². The molecule has 1 saturated heterocycles. The molecule has 1 aliphatic carbocycles. The molecule has 0 amide bonds.